The lowest BCUT2D eigenvalue weighted by molar-refractivity contribution is -0.242. The van der Waals surface area contributed by atoms with Crippen LogP contribution in [0.2, 0.25) is 0 Å². The molecule has 28 atom stereocenters. The standard InChI is InChI=1S/C36H59NO6.C35H58N2O6/c1-20(2)28(43-31(37)39)22-18-21(3)27-29(41-22)30(38)34(7)24-12-11-23-32(4,5)25(42-26-10-8-9-17-40-26)13-14-35(23)19-36(24,35)16-15-33(27,34)6;1-19(2)27(43-30(36)39)21-16-20(3)26-28(41-21)29(38)33(7)23-9-8-22-31(4,5)24(42-25-17-37-14-15-40-25)10-11-34(22)18-35(23,34)13-12-32(26,33)6/h20-30,38H,8-19H2,1-7H3,(H2,37,39);19-29,37-38H,8-18H2,1-7H3,(H2,36,39)/t21-,22-,23+,24+,25?,26+,27+,28-,29+,30+,33-,34-,35-,36?;20-,21-,22+,23+,24?,25+,26+,27-,28+,29+,32-,33-,34-,35?/m11/s1. The van der Waals surface area contributed by atoms with E-state index in [1.54, 1.807) is 0 Å². The first-order valence-corrected chi connectivity index (χ1v) is 35.3. The minimum atomic E-state index is -0.750. The van der Waals surface area contributed by atoms with Crippen LogP contribution < -0.4 is 16.8 Å². The Labute approximate surface area is 516 Å². The van der Waals surface area contributed by atoms with Gasteiger partial charge in [-0.1, -0.05) is 96.9 Å². The van der Waals surface area contributed by atoms with Gasteiger partial charge in [0.25, 0.3) is 0 Å². The molecule has 86 heavy (non-hydrogen) atoms. The summed E-state index contributed by atoms with van der Waals surface area (Å²) in [5, 5.41) is 28.4. The van der Waals surface area contributed by atoms with Crippen molar-refractivity contribution < 1.29 is 57.7 Å². The van der Waals surface area contributed by atoms with Gasteiger partial charge in [-0.05, 0) is 224 Å². The molecular weight excluding hydrogens is 1090 g/mol. The molecule has 4 aliphatic heterocycles. The summed E-state index contributed by atoms with van der Waals surface area (Å²) in [6.07, 6.45) is 18.0. The number of nitrogens with one attached hydrogen (secondary N) is 1. The van der Waals surface area contributed by atoms with Crippen LogP contribution in [-0.2, 0) is 37.9 Å². The zero-order valence-electron chi connectivity index (χ0n) is 55.6. The van der Waals surface area contributed by atoms with E-state index in [0.717, 1.165) is 77.7 Å². The fourth-order valence-electron chi connectivity index (χ4n) is 26.9. The third kappa shape index (κ3) is 8.65. The van der Waals surface area contributed by atoms with Crippen LogP contribution in [0.4, 0.5) is 9.59 Å². The predicted octanol–water partition coefficient (Wildman–Crippen LogP) is 12.1. The number of carbonyl (C=O) groups is 2. The lowest BCUT2D eigenvalue weighted by Crippen LogP contribution is -2.60. The van der Waals surface area contributed by atoms with Gasteiger partial charge < -0.3 is 64.9 Å². The van der Waals surface area contributed by atoms with Gasteiger partial charge in [-0.25, -0.2) is 9.59 Å². The maximum Gasteiger partial charge on any atom is 0.404 e. The Balaban J connectivity index is 0.000000160. The Hall–Kier alpha value is -1.82. The van der Waals surface area contributed by atoms with Crippen molar-refractivity contribution >= 4 is 12.2 Å². The number of nitrogens with two attached hydrogens (primary N) is 2. The Bertz CT molecular complexity index is 2390. The highest BCUT2D eigenvalue weighted by molar-refractivity contribution is 5.65. The highest BCUT2D eigenvalue weighted by Gasteiger charge is 2.87. The number of hydrogen-bond acceptors (Lipinski definition) is 13. The molecule has 0 bridgehead atoms. The van der Waals surface area contributed by atoms with Gasteiger partial charge in [-0.15, -0.1) is 0 Å². The number of amides is 2. The van der Waals surface area contributed by atoms with Crippen LogP contribution in [0, 0.1) is 113 Å². The summed E-state index contributed by atoms with van der Waals surface area (Å²) in [7, 11) is 0. The topological polar surface area (TPSA) is 213 Å². The molecule has 15 heteroatoms. The van der Waals surface area contributed by atoms with Crippen molar-refractivity contribution in [1.82, 2.24) is 5.32 Å². The van der Waals surface area contributed by atoms with E-state index in [0.29, 0.717) is 69.0 Å². The van der Waals surface area contributed by atoms with Gasteiger partial charge in [0.05, 0.1) is 55.4 Å². The molecule has 4 heterocycles. The summed E-state index contributed by atoms with van der Waals surface area (Å²) in [6, 6.07) is 0. The first-order chi connectivity index (χ1) is 40.5. The number of aliphatic hydroxyl groups is 2. The van der Waals surface area contributed by atoms with Crippen molar-refractivity contribution in [2.75, 3.05) is 26.3 Å². The van der Waals surface area contributed by atoms with E-state index in [1.807, 2.05) is 0 Å². The molecule has 14 fully saturated rings. The van der Waals surface area contributed by atoms with Crippen molar-refractivity contribution in [2.24, 2.45) is 125 Å². The molecule has 0 radical (unpaired) electrons. The Morgan fingerprint density at radius 3 is 1.35 bits per heavy atom. The van der Waals surface area contributed by atoms with Crippen LogP contribution in [-0.4, -0.2) is 122 Å². The molecule has 15 nitrogen and oxygen atoms in total. The van der Waals surface area contributed by atoms with E-state index < -0.39 is 36.6 Å². The third-order valence-corrected chi connectivity index (χ3v) is 30.7. The fourth-order valence-corrected chi connectivity index (χ4v) is 26.9. The number of rotatable bonds is 10. The SMILES string of the molecule is CC(C)[C@@H](OC(N)=O)[C@H]1C[C@@H](C)[C@H]2[C@H](O1)[C@H](O)[C@@]1(C)[C@@H]3CC[C@H]4C(C)(C)C(O[C@H]5CCCCO5)CC[C@@]45CC35CC[C@]21C.CC(C)[C@@H](OC(N)=O)[C@H]1C[C@@H](C)[C@H]2[C@H](O1)[C@H](O)[C@@]1(C)[C@@H]3CC[C@H]4C(C)(C)C(O[C@H]5CNCCO5)CC[C@@]45CC35CC[C@]21C. The number of ether oxygens (including phenoxy) is 8. The molecular formula is C71H117N3O12. The highest BCUT2D eigenvalue weighted by atomic mass is 16.7. The van der Waals surface area contributed by atoms with Crippen molar-refractivity contribution in [2.45, 2.75) is 293 Å². The molecule has 488 valence electrons. The molecule has 7 N–H and O–H groups in total. The minimum absolute atomic E-state index is 0.00697. The summed E-state index contributed by atoms with van der Waals surface area (Å²) in [6.45, 7) is 35.9. The van der Waals surface area contributed by atoms with Gasteiger partial charge >= 0.3 is 12.2 Å². The average molecular weight is 1200 g/mol. The Morgan fingerprint density at radius 1 is 0.535 bits per heavy atom. The first-order valence-electron chi connectivity index (χ1n) is 35.3. The van der Waals surface area contributed by atoms with Gasteiger partial charge in [0.15, 0.2) is 12.6 Å². The summed E-state index contributed by atoms with van der Waals surface area (Å²) >= 11 is 0. The molecule has 0 aromatic carbocycles. The second kappa shape index (κ2) is 21.4. The van der Waals surface area contributed by atoms with Crippen LogP contribution in [0.25, 0.3) is 0 Å². The van der Waals surface area contributed by atoms with Crippen molar-refractivity contribution in [3.63, 3.8) is 0 Å². The van der Waals surface area contributed by atoms with E-state index in [1.165, 1.54) is 70.6 Å². The van der Waals surface area contributed by atoms with E-state index in [2.05, 4.69) is 102 Å². The average Bonchev–Trinajstić information content (AvgIpc) is 1.47. The molecule has 14 rings (SSSR count). The lowest BCUT2D eigenvalue weighted by atomic mass is 9.41. The Kier molecular flexibility index (Phi) is 15.6. The number of fused-ring (bicyclic) bond motifs is 8. The van der Waals surface area contributed by atoms with Crippen LogP contribution >= 0.6 is 0 Å². The lowest BCUT2D eigenvalue weighted by Gasteiger charge is -2.64. The van der Waals surface area contributed by atoms with Crippen LogP contribution in [0.1, 0.15) is 219 Å². The molecule has 14 aliphatic rings. The van der Waals surface area contributed by atoms with E-state index in [4.69, 9.17) is 49.4 Å². The monoisotopic (exact) mass is 1200 g/mol. The maximum absolute atomic E-state index is 12.5. The molecule has 0 aromatic rings. The Morgan fingerprint density at radius 2 is 0.953 bits per heavy atom. The third-order valence-electron chi connectivity index (χ3n) is 30.7. The molecule has 10 saturated carbocycles. The number of primary amides is 2. The minimum Gasteiger partial charge on any atom is -0.443 e. The zero-order valence-corrected chi connectivity index (χ0v) is 55.6. The summed E-state index contributed by atoms with van der Waals surface area (Å²) in [5.74, 6) is 3.79. The van der Waals surface area contributed by atoms with Gasteiger partial charge in [-0.3, -0.25) is 0 Å². The number of aliphatic hydroxyl groups excluding tert-OH is 2. The van der Waals surface area contributed by atoms with Crippen LogP contribution in [0.15, 0.2) is 0 Å². The van der Waals surface area contributed by atoms with E-state index in [-0.39, 0.29) is 93.5 Å². The van der Waals surface area contributed by atoms with Crippen molar-refractivity contribution in [1.29, 1.82) is 0 Å². The summed E-state index contributed by atoms with van der Waals surface area (Å²) in [4.78, 5) is 23.6. The maximum atomic E-state index is 12.5. The molecule has 2 amide bonds. The quantitative estimate of drug-likeness (QED) is 0.129. The van der Waals surface area contributed by atoms with Crippen molar-refractivity contribution in [3.05, 3.63) is 0 Å². The fraction of sp³-hybridized carbons (Fsp3) is 0.972. The van der Waals surface area contributed by atoms with Crippen LogP contribution in [0.5, 0.6) is 0 Å². The molecule has 4 saturated heterocycles. The number of carbonyl (C=O) groups excluding carboxylic acids is 2. The summed E-state index contributed by atoms with van der Waals surface area (Å²) in [5.41, 5.74) is 12.1. The summed E-state index contributed by atoms with van der Waals surface area (Å²) < 4.78 is 50.4. The predicted molar refractivity (Wildman–Crippen MR) is 327 cm³/mol. The number of morpholine rings is 1. The van der Waals surface area contributed by atoms with Gasteiger partial charge in [-0.2, -0.15) is 0 Å². The second-order valence-electron chi connectivity index (χ2n) is 35.0. The molecule has 4 unspecified atom stereocenters. The zero-order chi connectivity index (χ0) is 61.5. The largest absolute Gasteiger partial charge is 0.443 e. The second-order valence-corrected chi connectivity index (χ2v) is 35.0. The van der Waals surface area contributed by atoms with Gasteiger partial charge in [0.2, 0.25) is 0 Å². The molecule has 4 spiro atoms. The smallest absolute Gasteiger partial charge is 0.404 e. The highest BCUT2D eigenvalue weighted by Crippen LogP contribution is 2.91. The van der Waals surface area contributed by atoms with E-state index in [9.17, 15) is 19.8 Å². The van der Waals surface area contributed by atoms with Gasteiger partial charge in [0, 0.05) is 30.5 Å². The first kappa shape index (κ1) is 63.0. The molecule has 10 aliphatic carbocycles. The van der Waals surface area contributed by atoms with Gasteiger partial charge in [0.1, 0.15) is 12.2 Å². The van der Waals surface area contributed by atoms with Crippen LogP contribution in [0.3, 0.4) is 0 Å². The van der Waals surface area contributed by atoms with Crippen molar-refractivity contribution in [3.8, 4) is 0 Å². The normalized spacial score (nSPS) is 53.9. The number of hydrogen-bond donors (Lipinski definition) is 5. The molecule has 0 aromatic heterocycles. The van der Waals surface area contributed by atoms with E-state index >= 15 is 0 Å².